The fourth-order valence-corrected chi connectivity index (χ4v) is 6.64. The monoisotopic (exact) mass is 442 g/mol. The molecule has 26 heavy (non-hydrogen) atoms. The number of nitrogens with zero attached hydrogens (tertiary/aromatic N) is 4. The van der Waals surface area contributed by atoms with E-state index in [0.29, 0.717) is 12.8 Å². The van der Waals surface area contributed by atoms with Crippen LogP contribution in [0.2, 0.25) is 0 Å². The number of hydrogen-bond donors (Lipinski definition) is 4. The number of aromatic nitrogens is 2. The van der Waals surface area contributed by atoms with E-state index in [1.54, 1.807) is 0 Å². The minimum atomic E-state index is -0.298. The summed E-state index contributed by atoms with van der Waals surface area (Å²) in [5, 5.41) is 33.5. The summed E-state index contributed by atoms with van der Waals surface area (Å²) in [4.78, 5) is 20.1. The highest BCUT2D eigenvalue weighted by molar-refractivity contribution is 8.77. The van der Waals surface area contributed by atoms with Gasteiger partial charge in [-0.15, -0.1) is 22.7 Å². The van der Waals surface area contributed by atoms with Crippen LogP contribution in [0.4, 0.5) is 0 Å². The summed E-state index contributed by atoms with van der Waals surface area (Å²) in [6, 6.07) is 0. The third kappa shape index (κ3) is 7.34. The van der Waals surface area contributed by atoms with Gasteiger partial charge >= 0.3 is 0 Å². The van der Waals surface area contributed by atoms with E-state index >= 15 is 0 Å². The van der Waals surface area contributed by atoms with Crippen molar-refractivity contribution in [1.29, 1.82) is 0 Å². The van der Waals surface area contributed by atoms with Crippen molar-refractivity contribution < 1.29 is 30.5 Å². The smallest absolute Gasteiger partial charge is 0.161 e. The second-order valence-corrected chi connectivity index (χ2v) is 9.61. The second kappa shape index (κ2) is 10.8. The molecule has 0 fully saturated rings. The van der Waals surface area contributed by atoms with Gasteiger partial charge in [0.2, 0.25) is 0 Å². The van der Waals surface area contributed by atoms with E-state index in [1.807, 2.05) is 13.8 Å². The van der Waals surface area contributed by atoms with Crippen molar-refractivity contribution in [2.75, 3.05) is 13.2 Å². The van der Waals surface area contributed by atoms with Crippen molar-refractivity contribution in [3.63, 3.8) is 0 Å². The van der Waals surface area contributed by atoms with E-state index in [-0.39, 0.29) is 24.0 Å². The molecule has 146 valence electrons. The van der Waals surface area contributed by atoms with Gasteiger partial charge in [-0.05, 0) is 35.4 Å². The maximum absolute atomic E-state index is 8.53. The first-order chi connectivity index (χ1) is 12.3. The maximum atomic E-state index is 8.53. The molecule has 14 heteroatoms. The molecule has 0 amide bonds. The molecule has 10 nitrogen and oxygen atoms in total. The van der Waals surface area contributed by atoms with Gasteiger partial charge in [-0.25, -0.2) is 9.97 Å². The molecule has 0 aliphatic carbocycles. The van der Waals surface area contributed by atoms with Crippen LogP contribution in [-0.2, 0) is 22.5 Å². The van der Waals surface area contributed by atoms with Crippen LogP contribution in [0.5, 0.6) is 0 Å². The first kappa shape index (κ1) is 21.9. The zero-order valence-corrected chi connectivity index (χ0v) is 17.1. The molecule has 0 aliphatic rings. The van der Waals surface area contributed by atoms with Gasteiger partial charge in [0.05, 0.1) is 35.4 Å². The standard InChI is InChI=1S/C12H18N4O6S4/c1-7-9(3-5-21-15(17)18)23-11(13-7)25-26-12-14-8(2)10(24-12)4-6-22-16(19)20/h17-20H,3-6H2,1-2H3. The summed E-state index contributed by atoms with van der Waals surface area (Å²) in [7, 11) is 3.00. The Kier molecular flexibility index (Phi) is 9.15. The van der Waals surface area contributed by atoms with Crippen LogP contribution in [0.15, 0.2) is 8.68 Å². The molecular weight excluding hydrogens is 424 g/mol. The van der Waals surface area contributed by atoms with Gasteiger partial charge in [-0.2, -0.15) is 0 Å². The van der Waals surface area contributed by atoms with E-state index < -0.39 is 0 Å². The largest absolute Gasteiger partial charge is 0.266 e. The minimum Gasteiger partial charge on any atom is -0.266 e. The van der Waals surface area contributed by atoms with E-state index in [9.17, 15) is 0 Å². The Morgan fingerprint density at radius 2 is 1.19 bits per heavy atom. The number of hydrogen-bond acceptors (Lipinski definition) is 14. The molecule has 4 N–H and O–H groups in total. The van der Waals surface area contributed by atoms with Crippen molar-refractivity contribution >= 4 is 44.3 Å². The van der Waals surface area contributed by atoms with Crippen LogP contribution in [0.25, 0.3) is 0 Å². The lowest BCUT2D eigenvalue weighted by Crippen LogP contribution is -2.16. The second-order valence-electron chi connectivity index (χ2n) is 4.82. The van der Waals surface area contributed by atoms with Gasteiger partial charge in [0.15, 0.2) is 8.68 Å². The van der Waals surface area contributed by atoms with Gasteiger partial charge in [0.25, 0.3) is 0 Å². The Bertz CT molecular complexity index is 637. The fourth-order valence-electron chi connectivity index (χ4n) is 1.85. The zero-order valence-electron chi connectivity index (χ0n) is 13.9. The Morgan fingerprint density at radius 3 is 1.54 bits per heavy atom. The number of aryl methyl sites for hydroxylation is 2. The molecule has 0 atom stereocenters. The van der Waals surface area contributed by atoms with Gasteiger partial charge in [-0.1, -0.05) is 0 Å². The quantitative estimate of drug-likeness (QED) is 0.301. The Labute approximate surface area is 165 Å². The third-order valence-electron chi connectivity index (χ3n) is 3.00. The molecule has 0 aromatic carbocycles. The summed E-state index contributed by atoms with van der Waals surface area (Å²) in [6.45, 7) is 4.08. The van der Waals surface area contributed by atoms with Gasteiger partial charge in [-0.3, -0.25) is 30.5 Å². The Morgan fingerprint density at radius 1 is 0.808 bits per heavy atom. The SMILES string of the molecule is Cc1nc(SSc2nc(C)c(CCON(O)O)s2)sc1CCON(O)O. The van der Waals surface area contributed by atoms with Crippen molar-refractivity contribution in [3.05, 3.63) is 21.1 Å². The highest BCUT2D eigenvalue weighted by Crippen LogP contribution is 2.42. The zero-order chi connectivity index (χ0) is 19.1. The van der Waals surface area contributed by atoms with Gasteiger partial charge in [0, 0.05) is 22.6 Å². The maximum Gasteiger partial charge on any atom is 0.161 e. The van der Waals surface area contributed by atoms with Crippen molar-refractivity contribution in [3.8, 4) is 0 Å². The molecule has 0 radical (unpaired) electrons. The van der Waals surface area contributed by atoms with Crippen LogP contribution in [0.1, 0.15) is 21.1 Å². The average Bonchev–Trinajstić information content (AvgIpc) is 3.08. The molecule has 2 aromatic heterocycles. The summed E-state index contributed by atoms with van der Waals surface area (Å²) in [5.41, 5.74) is 1.77. The molecular formula is C12H18N4O6S4. The number of thiazole rings is 2. The third-order valence-corrected chi connectivity index (χ3v) is 8.41. The molecule has 0 saturated carbocycles. The lowest BCUT2D eigenvalue weighted by atomic mass is 10.3. The summed E-state index contributed by atoms with van der Waals surface area (Å²) in [5.74, 6) is 0. The normalized spacial score (nSPS) is 11.8. The van der Waals surface area contributed by atoms with Crippen LogP contribution < -0.4 is 0 Å². The molecule has 0 spiro atoms. The molecule has 0 unspecified atom stereocenters. The van der Waals surface area contributed by atoms with Crippen molar-refractivity contribution in [1.82, 2.24) is 20.7 Å². The highest BCUT2D eigenvalue weighted by atomic mass is 33.1. The van der Waals surface area contributed by atoms with Crippen LogP contribution in [-0.4, -0.2) is 54.8 Å². The predicted molar refractivity (Wildman–Crippen MR) is 95.6 cm³/mol. The molecule has 2 aromatic rings. The Hall–Kier alpha value is -0.360. The van der Waals surface area contributed by atoms with Gasteiger partial charge in [0.1, 0.15) is 0 Å². The molecule has 2 heterocycles. The summed E-state index contributed by atoms with van der Waals surface area (Å²) in [6.07, 6.45) is 1.05. The van der Waals surface area contributed by atoms with Crippen molar-refractivity contribution in [2.45, 2.75) is 35.4 Å². The molecule has 0 saturated heterocycles. The van der Waals surface area contributed by atoms with Crippen LogP contribution in [0, 0.1) is 13.8 Å². The number of rotatable bonds is 11. The topological polar surface area (TPSA) is 132 Å². The van der Waals surface area contributed by atoms with Crippen molar-refractivity contribution in [2.24, 2.45) is 0 Å². The lowest BCUT2D eigenvalue weighted by molar-refractivity contribution is -0.492. The summed E-state index contributed by atoms with van der Waals surface area (Å²) < 4.78 is 1.75. The molecule has 0 aliphatic heterocycles. The van der Waals surface area contributed by atoms with Crippen LogP contribution >= 0.6 is 44.3 Å². The lowest BCUT2D eigenvalue weighted by Gasteiger charge is -2.04. The molecule has 0 bridgehead atoms. The average molecular weight is 443 g/mol. The molecule has 2 rings (SSSR count). The highest BCUT2D eigenvalue weighted by Gasteiger charge is 2.13. The van der Waals surface area contributed by atoms with Crippen LogP contribution in [0.3, 0.4) is 0 Å². The first-order valence-corrected chi connectivity index (χ1v) is 11.0. The predicted octanol–water partition coefficient (Wildman–Crippen LogP) is 3.12. The first-order valence-electron chi connectivity index (χ1n) is 7.24. The Balaban J connectivity index is 1.85. The summed E-state index contributed by atoms with van der Waals surface area (Å²) >= 11 is 3.05. The fraction of sp³-hybridized carbons (Fsp3) is 0.500. The van der Waals surface area contributed by atoms with Gasteiger partial charge < -0.3 is 0 Å². The van der Waals surface area contributed by atoms with E-state index in [2.05, 4.69) is 19.6 Å². The van der Waals surface area contributed by atoms with E-state index in [1.165, 1.54) is 44.3 Å². The minimum absolute atomic E-state index is 0.142. The van der Waals surface area contributed by atoms with E-state index in [4.69, 9.17) is 20.8 Å². The van der Waals surface area contributed by atoms with E-state index in [0.717, 1.165) is 29.8 Å².